The van der Waals surface area contributed by atoms with Crippen molar-refractivity contribution in [2.24, 2.45) is 0 Å². The average Bonchev–Trinajstić information content (AvgIpc) is 3.35. The molecule has 0 bridgehead atoms. The molecule has 0 saturated carbocycles. The van der Waals surface area contributed by atoms with Crippen LogP contribution in [0.25, 0.3) is 0 Å². The molecule has 1 atom stereocenters. The summed E-state index contributed by atoms with van der Waals surface area (Å²) in [6.07, 6.45) is 2.33. The molecular formula is C25H29ClFN5O. The maximum Gasteiger partial charge on any atom is 0.234 e. The maximum atomic E-state index is 13.9. The number of nitriles is 1. The van der Waals surface area contributed by atoms with Gasteiger partial charge in [0.2, 0.25) is 5.91 Å². The van der Waals surface area contributed by atoms with Crippen molar-refractivity contribution < 1.29 is 9.18 Å². The zero-order valence-corrected chi connectivity index (χ0v) is 19.4. The molecule has 0 spiro atoms. The van der Waals surface area contributed by atoms with Gasteiger partial charge in [-0.05, 0) is 49.7 Å². The molecule has 2 fully saturated rings. The molecule has 1 unspecified atom stereocenters. The summed E-state index contributed by atoms with van der Waals surface area (Å²) in [7, 11) is 0. The highest BCUT2D eigenvalue weighted by Gasteiger charge is 2.26. The third-order valence-corrected chi connectivity index (χ3v) is 6.87. The Labute approximate surface area is 199 Å². The predicted octanol–water partition coefficient (Wildman–Crippen LogP) is 3.43. The lowest BCUT2D eigenvalue weighted by atomic mass is 10.1. The van der Waals surface area contributed by atoms with Gasteiger partial charge in [0.25, 0.3) is 0 Å². The molecule has 2 heterocycles. The molecule has 33 heavy (non-hydrogen) atoms. The molecule has 1 amide bonds. The van der Waals surface area contributed by atoms with Crippen LogP contribution in [0.15, 0.2) is 42.5 Å². The summed E-state index contributed by atoms with van der Waals surface area (Å²) in [6, 6.07) is 14.6. The second-order valence-corrected chi connectivity index (χ2v) is 9.00. The van der Waals surface area contributed by atoms with E-state index in [2.05, 4.69) is 15.1 Å². The average molecular weight is 470 g/mol. The van der Waals surface area contributed by atoms with Gasteiger partial charge in [-0.15, -0.1) is 0 Å². The van der Waals surface area contributed by atoms with Crippen LogP contribution in [0.3, 0.4) is 0 Å². The molecule has 2 aliphatic rings. The van der Waals surface area contributed by atoms with Crippen LogP contribution < -0.4 is 10.2 Å². The van der Waals surface area contributed by atoms with E-state index in [-0.39, 0.29) is 17.5 Å². The SMILES string of the molecule is N#Cc1c(F)cccc1N1CCN(CC(=O)NCC(c2ccccc2Cl)N2CCCC2)CC1. The number of carbonyl (C=O) groups excluding carboxylic acids is 1. The first kappa shape index (κ1) is 23.5. The summed E-state index contributed by atoms with van der Waals surface area (Å²) in [5.41, 5.74) is 1.75. The Balaban J connectivity index is 1.31. The molecule has 0 aromatic heterocycles. The lowest BCUT2D eigenvalue weighted by molar-refractivity contribution is -0.122. The molecule has 1 N–H and O–H groups in total. The standard InChI is InChI=1S/C25H29ClFN5O/c26-21-7-2-1-6-19(21)24(31-10-3-4-11-31)17-29-25(33)18-30-12-14-32(15-13-30)23-9-5-8-22(27)20(23)16-28/h1-2,5-9,24H,3-4,10-15,17-18H2,(H,29,33). The summed E-state index contributed by atoms with van der Waals surface area (Å²) >= 11 is 6.47. The number of benzene rings is 2. The minimum atomic E-state index is -0.497. The number of hydrogen-bond acceptors (Lipinski definition) is 5. The zero-order valence-electron chi connectivity index (χ0n) is 18.6. The van der Waals surface area contributed by atoms with Crippen molar-refractivity contribution >= 4 is 23.2 Å². The van der Waals surface area contributed by atoms with Crippen LogP contribution in [0, 0.1) is 17.1 Å². The van der Waals surface area contributed by atoms with Gasteiger partial charge in [-0.3, -0.25) is 14.6 Å². The van der Waals surface area contributed by atoms with Crippen LogP contribution in [-0.2, 0) is 4.79 Å². The fourth-order valence-electron chi connectivity index (χ4n) is 4.74. The monoisotopic (exact) mass is 469 g/mol. The summed E-state index contributed by atoms with van der Waals surface area (Å²) in [5.74, 6) is -0.508. The number of hydrogen-bond donors (Lipinski definition) is 1. The summed E-state index contributed by atoms with van der Waals surface area (Å²) in [4.78, 5) is 19.2. The Kier molecular flexibility index (Phi) is 7.81. The van der Waals surface area contributed by atoms with Gasteiger partial charge in [0.1, 0.15) is 17.4 Å². The van der Waals surface area contributed by atoms with Crippen LogP contribution in [0.1, 0.15) is 30.0 Å². The van der Waals surface area contributed by atoms with Crippen LogP contribution in [0.4, 0.5) is 10.1 Å². The first-order valence-corrected chi connectivity index (χ1v) is 11.9. The van der Waals surface area contributed by atoms with Gasteiger partial charge in [0.05, 0.1) is 18.3 Å². The lowest BCUT2D eigenvalue weighted by Crippen LogP contribution is -2.50. The normalized spacial score (nSPS) is 18.2. The fourth-order valence-corrected chi connectivity index (χ4v) is 5.00. The molecule has 174 valence electrons. The molecule has 2 saturated heterocycles. The summed E-state index contributed by atoms with van der Waals surface area (Å²) in [6.45, 7) is 5.50. The van der Waals surface area contributed by atoms with E-state index in [1.165, 1.54) is 6.07 Å². The lowest BCUT2D eigenvalue weighted by Gasteiger charge is -2.36. The van der Waals surface area contributed by atoms with Gasteiger partial charge < -0.3 is 10.2 Å². The van der Waals surface area contributed by atoms with Crippen molar-refractivity contribution in [2.45, 2.75) is 18.9 Å². The Bertz CT molecular complexity index is 1010. The van der Waals surface area contributed by atoms with Crippen molar-refractivity contribution in [1.29, 1.82) is 5.26 Å². The van der Waals surface area contributed by atoms with Crippen LogP contribution in [0.2, 0.25) is 5.02 Å². The third kappa shape index (κ3) is 5.64. The first-order chi connectivity index (χ1) is 16.1. The first-order valence-electron chi connectivity index (χ1n) is 11.5. The summed E-state index contributed by atoms with van der Waals surface area (Å²) in [5, 5.41) is 13.1. The van der Waals surface area contributed by atoms with Gasteiger partial charge in [0, 0.05) is 37.7 Å². The van der Waals surface area contributed by atoms with E-state index in [1.807, 2.05) is 35.2 Å². The van der Waals surface area contributed by atoms with Crippen molar-refractivity contribution in [3.63, 3.8) is 0 Å². The topological polar surface area (TPSA) is 62.6 Å². The number of anilines is 1. The maximum absolute atomic E-state index is 13.9. The van der Waals surface area contributed by atoms with Crippen LogP contribution in [0.5, 0.6) is 0 Å². The second kappa shape index (κ2) is 11.0. The van der Waals surface area contributed by atoms with Crippen molar-refractivity contribution in [3.8, 4) is 6.07 Å². The van der Waals surface area contributed by atoms with Crippen LogP contribution >= 0.6 is 11.6 Å². The highest BCUT2D eigenvalue weighted by Crippen LogP contribution is 2.29. The number of likely N-dealkylation sites (tertiary alicyclic amines) is 1. The molecule has 4 rings (SSSR count). The number of nitrogens with one attached hydrogen (secondary N) is 1. The summed E-state index contributed by atoms with van der Waals surface area (Å²) < 4.78 is 13.9. The quantitative estimate of drug-likeness (QED) is 0.673. The van der Waals surface area contributed by atoms with E-state index >= 15 is 0 Å². The minimum absolute atomic E-state index is 0.0110. The van der Waals surface area contributed by atoms with E-state index < -0.39 is 5.82 Å². The highest BCUT2D eigenvalue weighted by molar-refractivity contribution is 6.31. The molecule has 2 aliphatic heterocycles. The molecule has 2 aromatic rings. The molecular weight excluding hydrogens is 441 g/mol. The van der Waals surface area contributed by atoms with Gasteiger partial charge in [-0.1, -0.05) is 35.9 Å². The number of halogens is 2. The van der Waals surface area contributed by atoms with Crippen molar-refractivity contribution in [1.82, 2.24) is 15.1 Å². The Morgan fingerprint density at radius 1 is 1.06 bits per heavy atom. The smallest absolute Gasteiger partial charge is 0.234 e. The van der Waals surface area contributed by atoms with Crippen molar-refractivity contribution in [2.75, 3.05) is 57.3 Å². The fraction of sp³-hybridized carbons (Fsp3) is 0.440. The Hall–Kier alpha value is -2.66. The van der Waals surface area contributed by atoms with Gasteiger partial charge in [-0.25, -0.2) is 4.39 Å². The Morgan fingerprint density at radius 3 is 2.48 bits per heavy atom. The number of carbonyl (C=O) groups is 1. The Morgan fingerprint density at radius 2 is 1.79 bits per heavy atom. The van der Waals surface area contributed by atoms with E-state index in [0.29, 0.717) is 45.0 Å². The number of rotatable bonds is 7. The molecule has 0 radical (unpaired) electrons. The van der Waals surface area contributed by atoms with Gasteiger partial charge in [-0.2, -0.15) is 5.26 Å². The van der Waals surface area contributed by atoms with E-state index in [1.54, 1.807) is 12.1 Å². The minimum Gasteiger partial charge on any atom is -0.368 e. The molecule has 0 aliphatic carbocycles. The third-order valence-electron chi connectivity index (χ3n) is 6.52. The second-order valence-electron chi connectivity index (χ2n) is 8.59. The van der Waals surface area contributed by atoms with Gasteiger partial charge in [0.15, 0.2) is 0 Å². The predicted molar refractivity (Wildman–Crippen MR) is 128 cm³/mol. The molecule has 8 heteroatoms. The number of amides is 1. The van der Waals surface area contributed by atoms with E-state index in [0.717, 1.165) is 36.5 Å². The van der Waals surface area contributed by atoms with E-state index in [4.69, 9.17) is 11.6 Å². The van der Waals surface area contributed by atoms with Gasteiger partial charge >= 0.3 is 0 Å². The van der Waals surface area contributed by atoms with E-state index in [9.17, 15) is 14.4 Å². The molecule has 6 nitrogen and oxygen atoms in total. The number of piperazine rings is 1. The largest absolute Gasteiger partial charge is 0.368 e. The van der Waals surface area contributed by atoms with Crippen molar-refractivity contribution in [3.05, 3.63) is 64.4 Å². The number of nitrogens with zero attached hydrogens (tertiary/aromatic N) is 4. The zero-order chi connectivity index (χ0) is 23.2. The van der Waals surface area contributed by atoms with Crippen LogP contribution in [-0.4, -0.2) is 68.1 Å². The molecule has 2 aromatic carbocycles. The highest BCUT2D eigenvalue weighted by atomic mass is 35.5.